The summed E-state index contributed by atoms with van der Waals surface area (Å²) in [6.45, 7) is 0. The summed E-state index contributed by atoms with van der Waals surface area (Å²) in [6, 6.07) is 0. The van der Waals surface area contributed by atoms with Crippen LogP contribution in [0, 0.1) is 17.8 Å². The average molecular weight is 180 g/mol. The first kappa shape index (κ1) is 7.84. The van der Waals surface area contributed by atoms with E-state index in [9.17, 15) is 4.79 Å². The summed E-state index contributed by atoms with van der Waals surface area (Å²) in [6.07, 6.45) is 7.71. The number of carbonyl (C=O) groups excluding carboxylic acids is 1. The summed E-state index contributed by atoms with van der Waals surface area (Å²) in [4.78, 5) is 11.6. The van der Waals surface area contributed by atoms with E-state index in [2.05, 4.69) is 0 Å². The third-order valence-electron chi connectivity index (χ3n) is 3.74. The van der Waals surface area contributed by atoms with Crippen LogP contribution in [0.15, 0.2) is 0 Å². The third-order valence-corrected chi connectivity index (χ3v) is 3.74. The maximum absolute atomic E-state index is 11.6. The van der Waals surface area contributed by atoms with Crippen molar-refractivity contribution in [1.29, 1.82) is 0 Å². The lowest BCUT2D eigenvalue weighted by Gasteiger charge is -2.04. The van der Waals surface area contributed by atoms with E-state index < -0.39 is 0 Å². The molecule has 0 aromatic rings. The van der Waals surface area contributed by atoms with Crippen LogP contribution in [-0.2, 0) is 9.53 Å². The van der Waals surface area contributed by atoms with Gasteiger partial charge in [-0.2, -0.15) is 0 Å². The Kier molecular flexibility index (Phi) is 1.64. The van der Waals surface area contributed by atoms with Crippen molar-refractivity contribution in [2.24, 2.45) is 17.8 Å². The molecule has 0 radical (unpaired) electrons. The van der Waals surface area contributed by atoms with Crippen molar-refractivity contribution in [2.75, 3.05) is 0 Å². The van der Waals surface area contributed by atoms with E-state index in [1.165, 1.54) is 25.7 Å². The normalized spacial score (nSPS) is 42.3. The van der Waals surface area contributed by atoms with Gasteiger partial charge in [0.1, 0.15) is 6.10 Å². The van der Waals surface area contributed by atoms with Gasteiger partial charge in [0.15, 0.2) is 0 Å². The van der Waals surface area contributed by atoms with Gasteiger partial charge in [-0.25, -0.2) is 0 Å². The fourth-order valence-corrected chi connectivity index (χ4v) is 2.77. The highest BCUT2D eigenvalue weighted by Gasteiger charge is 2.56. The number of rotatable bonds is 2. The van der Waals surface area contributed by atoms with Crippen LogP contribution < -0.4 is 0 Å². The molecule has 3 rings (SSSR count). The molecule has 0 N–H and O–H groups in total. The van der Waals surface area contributed by atoms with Gasteiger partial charge in [-0.3, -0.25) is 4.79 Å². The monoisotopic (exact) mass is 180 g/mol. The zero-order valence-corrected chi connectivity index (χ0v) is 7.87. The fraction of sp³-hybridized carbons (Fsp3) is 0.909. The molecule has 2 atom stereocenters. The van der Waals surface area contributed by atoms with Crippen LogP contribution in [-0.4, -0.2) is 12.1 Å². The summed E-state index contributed by atoms with van der Waals surface area (Å²) in [5.74, 6) is 1.85. The van der Waals surface area contributed by atoms with Crippen LogP contribution in [0.5, 0.6) is 0 Å². The maximum atomic E-state index is 11.6. The van der Waals surface area contributed by atoms with Gasteiger partial charge in [-0.1, -0.05) is 12.8 Å². The largest absolute Gasteiger partial charge is 0.462 e. The molecule has 0 bridgehead atoms. The molecule has 3 saturated carbocycles. The first-order chi connectivity index (χ1) is 6.36. The summed E-state index contributed by atoms with van der Waals surface area (Å²) in [5, 5.41) is 0. The Morgan fingerprint density at radius 1 is 1.00 bits per heavy atom. The smallest absolute Gasteiger partial charge is 0.309 e. The quantitative estimate of drug-likeness (QED) is 0.608. The molecule has 2 nitrogen and oxygen atoms in total. The number of ether oxygens (including phenoxy) is 1. The van der Waals surface area contributed by atoms with Crippen molar-refractivity contribution in [2.45, 2.75) is 44.6 Å². The predicted octanol–water partition coefficient (Wildman–Crippen LogP) is 2.13. The van der Waals surface area contributed by atoms with Gasteiger partial charge >= 0.3 is 5.97 Å². The summed E-state index contributed by atoms with van der Waals surface area (Å²) in [7, 11) is 0. The standard InChI is InChI=1S/C11H16O2/c12-11(13-7-5-6-7)10-8-3-1-2-4-9(8)10/h7-10H,1-6H2. The SMILES string of the molecule is O=C(OC1CC1)C1C2CCCCC21. The van der Waals surface area contributed by atoms with Crippen molar-refractivity contribution < 1.29 is 9.53 Å². The van der Waals surface area contributed by atoms with Gasteiger partial charge in [0.2, 0.25) is 0 Å². The van der Waals surface area contributed by atoms with E-state index in [0.717, 1.165) is 12.8 Å². The Labute approximate surface area is 78.6 Å². The Hall–Kier alpha value is -0.530. The van der Waals surface area contributed by atoms with E-state index in [1.54, 1.807) is 0 Å². The average Bonchev–Trinajstić information content (AvgIpc) is 2.96. The minimum Gasteiger partial charge on any atom is -0.462 e. The second-order valence-corrected chi connectivity index (χ2v) is 4.77. The maximum Gasteiger partial charge on any atom is 0.309 e. The van der Waals surface area contributed by atoms with Crippen LogP contribution in [0.1, 0.15) is 38.5 Å². The number of hydrogen-bond acceptors (Lipinski definition) is 2. The molecule has 0 aromatic carbocycles. The Morgan fingerprint density at radius 2 is 1.62 bits per heavy atom. The summed E-state index contributed by atoms with van der Waals surface area (Å²) < 4.78 is 5.34. The minimum atomic E-state index is 0.124. The second-order valence-electron chi connectivity index (χ2n) is 4.77. The fourth-order valence-electron chi connectivity index (χ4n) is 2.77. The number of carbonyl (C=O) groups is 1. The number of hydrogen-bond donors (Lipinski definition) is 0. The zero-order valence-electron chi connectivity index (χ0n) is 7.87. The van der Waals surface area contributed by atoms with Gasteiger partial charge in [0, 0.05) is 0 Å². The van der Waals surface area contributed by atoms with E-state index >= 15 is 0 Å². The molecule has 2 unspecified atom stereocenters. The van der Waals surface area contributed by atoms with Gasteiger partial charge in [-0.15, -0.1) is 0 Å². The Bertz CT molecular complexity index is 220. The molecule has 0 saturated heterocycles. The number of fused-ring (bicyclic) bond motifs is 1. The molecule has 0 amide bonds. The van der Waals surface area contributed by atoms with E-state index in [4.69, 9.17) is 4.74 Å². The van der Waals surface area contributed by atoms with Crippen LogP contribution in [0.25, 0.3) is 0 Å². The molecule has 3 aliphatic rings. The zero-order chi connectivity index (χ0) is 8.84. The molecular weight excluding hydrogens is 164 g/mol. The lowest BCUT2D eigenvalue weighted by Crippen LogP contribution is -2.10. The predicted molar refractivity (Wildman–Crippen MR) is 48.1 cm³/mol. The topological polar surface area (TPSA) is 26.3 Å². The Balaban J connectivity index is 1.57. The highest BCUT2D eigenvalue weighted by molar-refractivity contribution is 5.77. The molecule has 0 aromatic heterocycles. The number of esters is 1. The molecule has 0 spiro atoms. The van der Waals surface area contributed by atoms with Crippen molar-refractivity contribution in [3.63, 3.8) is 0 Å². The van der Waals surface area contributed by atoms with Crippen molar-refractivity contribution in [3.8, 4) is 0 Å². The molecule has 3 aliphatic carbocycles. The van der Waals surface area contributed by atoms with E-state index in [1.807, 2.05) is 0 Å². The molecule has 0 heterocycles. The van der Waals surface area contributed by atoms with Crippen molar-refractivity contribution in [3.05, 3.63) is 0 Å². The van der Waals surface area contributed by atoms with E-state index in [-0.39, 0.29) is 5.97 Å². The van der Waals surface area contributed by atoms with Crippen molar-refractivity contribution in [1.82, 2.24) is 0 Å². The molecule has 72 valence electrons. The highest BCUT2D eigenvalue weighted by Crippen LogP contribution is 2.56. The lowest BCUT2D eigenvalue weighted by atomic mass is 10.0. The highest BCUT2D eigenvalue weighted by atomic mass is 16.5. The van der Waals surface area contributed by atoms with Gasteiger partial charge in [-0.05, 0) is 37.5 Å². The molecule has 13 heavy (non-hydrogen) atoms. The van der Waals surface area contributed by atoms with Crippen molar-refractivity contribution >= 4 is 5.97 Å². The van der Waals surface area contributed by atoms with Crippen LogP contribution in [0.4, 0.5) is 0 Å². The molecule has 3 fully saturated rings. The second kappa shape index (κ2) is 2.73. The van der Waals surface area contributed by atoms with Gasteiger partial charge in [0.25, 0.3) is 0 Å². The van der Waals surface area contributed by atoms with Gasteiger partial charge < -0.3 is 4.74 Å². The Morgan fingerprint density at radius 3 is 2.15 bits per heavy atom. The summed E-state index contributed by atoms with van der Waals surface area (Å²) >= 11 is 0. The first-order valence-electron chi connectivity index (χ1n) is 5.57. The minimum absolute atomic E-state index is 0.124. The van der Waals surface area contributed by atoms with E-state index in [0.29, 0.717) is 23.9 Å². The third kappa shape index (κ3) is 1.36. The molecule has 0 aliphatic heterocycles. The van der Waals surface area contributed by atoms with Crippen LogP contribution in [0.3, 0.4) is 0 Å². The summed E-state index contributed by atoms with van der Waals surface area (Å²) in [5.41, 5.74) is 0. The first-order valence-corrected chi connectivity index (χ1v) is 5.57. The molecular formula is C11H16O2. The molecule has 2 heteroatoms. The van der Waals surface area contributed by atoms with Crippen LogP contribution >= 0.6 is 0 Å². The van der Waals surface area contributed by atoms with Crippen LogP contribution in [0.2, 0.25) is 0 Å². The van der Waals surface area contributed by atoms with Gasteiger partial charge in [0.05, 0.1) is 5.92 Å². The lowest BCUT2D eigenvalue weighted by molar-refractivity contribution is -0.147.